The molecular formula is C23H30ClN5O4. The summed E-state index contributed by atoms with van der Waals surface area (Å²) >= 11 is 6.10. The average molecular weight is 476 g/mol. The number of carbonyl (C=O) groups is 3. The van der Waals surface area contributed by atoms with E-state index in [0.29, 0.717) is 42.3 Å². The minimum absolute atomic E-state index is 0.0640. The SMILES string of the molecule is CC(C)[C@@H]1COc2ccc(Cl)cc2C(=O)NCCCCN(C(=O)c2ccn(C)n2)CC(=O)N1. The van der Waals surface area contributed by atoms with E-state index in [0.717, 1.165) is 0 Å². The van der Waals surface area contributed by atoms with E-state index in [1.54, 1.807) is 42.2 Å². The van der Waals surface area contributed by atoms with Crippen molar-refractivity contribution in [2.75, 3.05) is 26.2 Å². The van der Waals surface area contributed by atoms with Crippen LogP contribution < -0.4 is 15.4 Å². The van der Waals surface area contributed by atoms with Crippen molar-refractivity contribution in [1.82, 2.24) is 25.3 Å². The van der Waals surface area contributed by atoms with Gasteiger partial charge < -0.3 is 20.3 Å². The molecule has 33 heavy (non-hydrogen) atoms. The Hall–Kier alpha value is -3.07. The second-order valence-corrected chi connectivity index (χ2v) is 8.87. The van der Waals surface area contributed by atoms with Gasteiger partial charge in [-0.05, 0) is 43.0 Å². The van der Waals surface area contributed by atoms with Crippen molar-refractivity contribution in [2.45, 2.75) is 32.7 Å². The third-order valence-corrected chi connectivity index (χ3v) is 5.69. The summed E-state index contributed by atoms with van der Waals surface area (Å²) in [6.45, 7) is 4.79. The van der Waals surface area contributed by atoms with E-state index >= 15 is 0 Å². The predicted octanol–water partition coefficient (Wildman–Crippen LogP) is 2.26. The fourth-order valence-electron chi connectivity index (χ4n) is 3.48. The standard InChI is InChI=1S/C23H30ClN5O4/c1-15(2)19-14-33-20-7-6-16(24)12-17(20)22(31)25-9-4-5-10-29(13-21(30)26-19)23(32)18-8-11-28(3)27-18/h6-8,11-12,15,19H,4-5,9-10,13-14H2,1-3H3,(H,25,31)(H,26,30)/t19-/m0/s1. The molecule has 0 spiro atoms. The van der Waals surface area contributed by atoms with E-state index in [9.17, 15) is 14.4 Å². The largest absolute Gasteiger partial charge is 0.491 e. The monoisotopic (exact) mass is 475 g/mol. The lowest BCUT2D eigenvalue weighted by atomic mass is 10.1. The van der Waals surface area contributed by atoms with Crippen LogP contribution in [0, 0.1) is 5.92 Å². The molecule has 1 aromatic heterocycles. The van der Waals surface area contributed by atoms with Crippen LogP contribution in [0.3, 0.4) is 0 Å². The van der Waals surface area contributed by atoms with Gasteiger partial charge in [0, 0.05) is 31.4 Å². The molecule has 1 aromatic carbocycles. The van der Waals surface area contributed by atoms with Gasteiger partial charge in [-0.3, -0.25) is 19.1 Å². The summed E-state index contributed by atoms with van der Waals surface area (Å²) in [5.41, 5.74) is 0.630. The highest BCUT2D eigenvalue weighted by Gasteiger charge is 2.24. The Morgan fingerprint density at radius 1 is 1.24 bits per heavy atom. The number of rotatable bonds is 2. The first kappa shape index (κ1) is 24.6. The van der Waals surface area contributed by atoms with Crippen molar-refractivity contribution in [1.29, 1.82) is 0 Å². The molecule has 0 saturated carbocycles. The summed E-state index contributed by atoms with van der Waals surface area (Å²) < 4.78 is 7.48. The van der Waals surface area contributed by atoms with Gasteiger partial charge in [0.25, 0.3) is 11.8 Å². The van der Waals surface area contributed by atoms with Crippen molar-refractivity contribution in [3.8, 4) is 5.75 Å². The third kappa shape index (κ3) is 6.71. The van der Waals surface area contributed by atoms with Crippen LogP contribution in [0.15, 0.2) is 30.5 Å². The summed E-state index contributed by atoms with van der Waals surface area (Å²) in [7, 11) is 1.73. The van der Waals surface area contributed by atoms with Crippen molar-refractivity contribution in [3.63, 3.8) is 0 Å². The molecule has 0 fully saturated rings. The Balaban J connectivity index is 1.81. The summed E-state index contributed by atoms with van der Waals surface area (Å²) in [4.78, 5) is 40.0. The molecule has 0 aliphatic carbocycles. The number of benzene rings is 1. The molecule has 10 heteroatoms. The van der Waals surface area contributed by atoms with Gasteiger partial charge in [-0.15, -0.1) is 0 Å². The summed E-state index contributed by atoms with van der Waals surface area (Å²) in [5, 5.41) is 10.5. The second-order valence-electron chi connectivity index (χ2n) is 8.43. The van der Waals surface area contributed by atoms with Crippen LogP contribution in [-0.4, -0.2) is 64.7 Å². The molecule has 1 aliphatic heterocycles. The molecule has 0 radical (unpaired) electrons. The predicted molar refractivity (Wildman–Crippen MR) is 124 cm³/mol. The molecule has 0 bridgehead atoms. The first-order valence-corrected chi connectivity index (χ1v) is 11.4. The number of aryl methyl sites for hydroxylation is 1. The Kier molecular flexibility index (Phi) is 8.32. The zero-order chi connectivity index (χ0) is 24.0. The van der Waals surface area contributed by atoms with Gasteiger partial charge in [0.1, 0.15) is 18.1 Å². The lowest BCUT2D eigenvalue weighted by molar-refractivity contribution is -0.123. The van der Waals surface area contributed by atoms with E-state index in [-0.39, 0.29) is 48.5 Å². The molecule has 2 heterocycles. The molecule has 1 atom stereocenters. The molecule has 3 rings (SSSR count). The number of fused-ring (bicyclic) bond motifs is 1. The smallest absolute Gasteiger partial charge is 0.274 e. The number of carbonyl (C=O) groups excluding carboxylic acids is 3. The second kappa shape index (κ2) is 11.2. The number of ether oxygens (including phenoxy) is 1. The number of hydrogen-bond donors (Lipinski definition) is 2. The quantitative estimate of drug-likeness (QED) is 0.693. The Bertz CT molecular complexity index is 1010. The maximum absolute atomic E-state index is 13.0. The number of halogens is 1. The maximum Gasteiger partial charge on any atom is 0.274 e. The fraction of sp³-hybridized carbons (Fsp3) is 0.478. The Morgan fingerprint density at radius 2 is 2.03 bits per heavy atom. The van der Waals surface area contributed by atoms with Gasteiger partial charge in [-0.25, -0.2) is 0 Å². The van der Waals surface area contributed by atoms with Gasteiger partial charge in [-0.2, -0.15) is 5.10 Å². The molecule has 0 unspecified atom stereocenters. The van der Waals surface area contributed by atoms with Crippen LogP contribution in [0.4, 0.5) is 0 Å². The topological polar surface area (TPSA) is 106 Å². The van der Waals surface area contributed by atoms with Crippen LogP contribution in [0.25, 0.3) is 0 Å². The molecule has 3 amide bonds. The van der Waals surface area contributed by atoms with Gasteiger partial charge in [0.05, 0.1) is 18.2 Å². The van der Waals surface area contributed by atoms with E-state index in [1.807, 2.05) is 13.8 Å². The van der Waals surface area contributed by atoms with Crippen molar-refractivity contribution in [3.05, 3.63) is 46.7 Å². The number of amides is 3. The molecule has 9 nitrogen and oxygen atoms in total. The van der Waals surface area contributed by atoms with Gasteiger partial charge >= 0.3 is 0 Å². The van der Waals surface area contributed by atoms with Gasteiger partial charge in [0.15, 0.2) is 0 Å². The van der Waals surface area contributed by atoms with Crippen LogP contribution in [0.5, 0.6) is 5.75 Å². The van der Waals surface area contributed by atoms with E-state index < -0.39 is 0 Å². The summed E-state index contributed by atoms with van der Waals surface area (Å²) in [5.74, 6) is -0.401. The Labute approximate surface area is 198 Å². The van der Waals surface area contributed by atoms with Crippen molar-refractivity contribution >= 4 is 29.3 Å². The number of nitrogens with zero attached hydrogens (tertiary/aromatic N) is 3. The highest BCUT2D eigenvalue weighted by Crippen LogP contribution is 2.23. The van der Waals surface area contributed by atoms with E-state index in [2.05, 4.69) is 15.7 Å². The van der Waals surface area contributed by atoms with Gasteiger partial charge in [0.2, 0.25) is 5.91 Å². The van der Waals surface area contributed by atoms with Crippen LogP contribution >= 0.6 is 11.6 Å². The highest BCUT2D eigenvalue weighted by molar-refractivity contribution is 6.31. The number of nitrogens with one attached hydrogen (secondary N) is 2. The van der Waals surface area contributed by atoms with E-state index in [1.165, 1.54) is 4.90 Å². The van der Waals surface area contributed by atoms with E-state index in [4.69, 9.17) is 16.3 Å². The first-order chi connectivity index (χ1) is 15.7. The van der Waals surface area contributed by atoms with Crippen molar-refractivity contribution in [2.24, 2.45) is 13.0 Å². The molecule has 178 valence electrons. The minimum atomic E-state index is -0.319. The van der Waals surface area contributed by atoms with Crippen molar-refractivity contribution < 1.29 is 19.1 Å². The lowest BCUT2D eigenvalue weighted by Gasteiger charge is -2.26. The maximum atomic E-state index is 13.0. The first-order valence-electron chi connectivity index (χ1n) is 11.0. The third-order valence-electron chi connectivity index (χ3n) is 5.45. The van der Waals surface area contributed by atoms with Crippen LogP contribution in [0.2, 0.25) is 5.02 Å². The molecule has 1 aliphatic rings. The van der Waals surface area contributed by atoms with Gasteiger partial charge in [-0.1, -0.05) is 25.4 Å². The zero-order valence-electron chi connectivity index (χ0n) is 19.1. The number of hydrogen-bond acceptors (Lipinski definition) is 5. The number of aromatic nitrogens is 2. The van der Waals surface area contributed by atoms with Crippen LogP contribution in [0.1, 0.15) is 47.5 Å². The average Bonchev–Trinajstić information content (AvgIpc) is 3.20. The summed E-state index contributed by atoms with van der Waals surface area (Å²) in [6, 6.07) is 6.19. The molecular weight excluding hydrogens is 446 g/mol. The molecule has 2 N–H and O–H groups in total. The molecule has 0 saturated heterocycles. The normalized spacial score (nSPS) is 18.5. The summed E-state index contributed by atoms with van der Waals surface area (Å²) in [6.07, 6.45) is 2.93. The zero-order valence-corrected chi connectivity index (χ0v) is 19.9. The molecule has 2 aromatic rings. The highest BCUT2D eigenvalue weighted by atomic mass is 35.5. The fourth-order valence-corrected chi connectivity index (χ4v) is 3.65. The minimum Gasteiger partial charge on any atom is -0.491 e. The lowest BCUT2D eigenvalue weighted by Crippen LogP contribution is -2.48. The Morgan fingerprint density at radius 3 is 2.73 bits per heavy atom. The van der Waals surface area contributed by atoms with Crippen LogP contribution in [-0.2, 0) is 11.8 Å².